The van der Waals surface area contributed by atoms with E-state index in [-0.39, 0.29) is 23.3 Å². The van der Waals surface area contributed by atoms with Crippen LogP contribution in [-0.2, 0) is 6.42 Å². The Morgan fingerprint density at radius 2 is 2.26 bits per heavy atom. The van der Waals surface area contributed by atoms with Gasteiger partial charge in [-0.2, -0.15) is 0 Å². The molecule has 0 aromatic heterocycles. The predicted octanol–water partition coefficient (Wildman–Crippen LogP) is 1.89. The van der Waals surface area contributed by atoms with Crippen LogP contribution in [0.3, 0.4) is 0 Å². The summed E-state index contributed by atoms with van der Waals surface area (Å²) >= 11 is 0. The normalized spacial score (nSPS) is 17.7. The molecule has 1 aliphatic heterocycles. The Morgan fingerprint density at radius 1 is 1.52 bits per heavy atom. The molecule has 1 aromatic carbocycles. The van der Waals surface area contributed by atoms with Crippen LogP contribution in [0.1, 0.15) is 18.9 Å². The third-order valence-electron chi connectivity index (χ3n) is 4.14. The summed E-state index contributed by atoms with van der Waals surface area (Å²) in [6.07, 6.45) is 1.15. The summed E-state index contributed by atoms with van der Waals surface area (Å²) in [7, 11) is 4.04. The van der Waals surface area contributed by atoms with Gasteiger partial charge < -0.3 is 20.1 Å². The lowest BCUT2D eigenvalue weighted by Gasteiger charge is -2.21. The minimum atomic E-state index is -0.373. The van der Waals surface area contributed by atoms with Gasteiger partial charge in [-0.3, -0.25) is 10.1 Å². The number of nitro benzene ring substituents is 1. The maximum Gasteiger partial charge on any atom is 0.292 e. The molecule has 2 N–H and O–H groups in total. The van der Waals surface area contributed by atoms with E-state index >= 15 is 0 Å². The first-order chi connectivity index (χ1) is 11.0. The van der Waals surface area contributed by atoms with Gasteiger partial charge in [-0.05, 0) is 26.1 Å². The Morgan fingerprint density at radius 3 is 2.83 bits per heavy atom. The number of fused-ring (bicyclic) bond motifs is 1. The Kier molecular flexibility index (Phi) is 5.79. The predicted molar refractivity (Wildman–Crippen MR) is 89.1 cm³/mol. The third kappa shape index (κ3) is 4.11. The first kappa shape index (κ1) is 17.5. The molecule has 2 atom stereocenters. The number of nitro groups is 1. The van der Waals surface area contributed by atoms with Crippen molar-refractivity contribution in [1.82, 2.24) is 4.90 Å². The zero-order valence-electron chi connectivity index (χ0n) is 13.9. The van der Waals surface area contributed by atoms with Crippen LogP contribution in [0.2, 0.25) is 0 Å². The number of aliphatic hydroxyl groups excluding tert-OH is 1. The highest BCUT2D eigenvalue weighted by molar-refractivity contribution is 5.71. The van der Waals surface area contributed by atoms with Gasteiger partial charge in [-0.1, -0.05) is 13.3 Å². The van der Waals surface area contributed by atoms with E-state index in [0.29, 0.717) is 30.3 Å². The van der Waals surface area contributed by atoms with Crippen molar-refractivity contribution in [2.24, 2.45) is 5.92 Å². The lowest BCUT2D eigenvalue weighted by atomic mass is 10.0. The van der Waals surface area contributed by atoms with Gasteiger partial charge in [0.2, 0.25) is 0 Å². The summed E-state index contributed by atoms with van der Waals surface area (Å²) in [5.74, 6) is 1.02. The Hall–Kier alpha value is -1.86. The monoisotopic (exact) mass is 323 g/mol. The highest BCUT2D eigenvalue weighted by Gasteiger charge is 2.30. The molecule has 1 heterocycles. The number of ether oxygens (including phenoxy) is 1. The molecule has 2 unspecified atom stereocenters. The van der Waals surface area contributed by atoms with Crippen LogP contribution >= 0.6 is 0 Å². The SMILES string of the molecule is CCC(CNc1c([N+](=O)[O-])ccc2c1CC(CO)O2)CN(C)C. The van der Waals surface area contributed by atoms with Crippen LogP contribution in [0.4, 0.5) is 11.4 Å². The average molecular weight is 323 g/mol. The molecule has 7 heteroatoms. The zero-order valence-corrected chi connectivity index (χ0v) is 13.9. The number of hydrogen-bond donors (Lipinski definition) is 2. The molecule has 23 heavy (non-hydrogen) atoms. The second-order valence-corrected chi connectivity index (χ2v) is 6.24. The Labute approximate surface area is 136 Å². The van der Waals surface area contributed by atoms with Crippen LogP contribution < -0.4 is 10.1 Å². The molecule has 0 aliphatic carbocycles. The summed E-state index contributed by atoms with van der Waals surface area (Å²) in [5.41, 5.74) is 1.38. The lowest BCUT2D eigenvalue weighted by Crippen LogP contribution is -2.27. The van der Waals surface area contributed by atoms with Gasteiger partial charge in [0.1, 0.15) is 17.5 Å². The molecule has 0 bridgehead atoms. The van der Waals surface area contributed by atoms with Crippen LogP contribution in [0.5, 0.6) is 5.75 Å². The van der Waals surface area contributed by atoms with E-state index in [0.717, 1.165) is 18.5 Å². The van der Waals surface area contributed by atoms with E-state index in [1.165, 1.54) is 6.07 Å². The molecule has 2 rings (SSSR count). The molecule has 0 fully saturated rings. The highest BCUT2D eigenvalue weighted by Crippen LogP contribution is 2.40. The Balaban J connectivity index is 2.22. The quantitative estimate of drug-likeness (QED) is 0.561. The van der Waals surface area contributed by atoms with Crippen molar-refractivity contribution in [2.75, 3.05) is 39.1 Å². The second-order valence-electron chi connectivity index (χ2n) is 6.24. The van der Waals surface area contributed by atoms with Crippen molar-refractivity contribution >= 4 is 11.4 Å². The van der Waals surface area contributed by atoms with Crippen LogP contribution in [0.25, 0.3) is 0 Å². The van der Waals surface area contributed by atoms with Crippen molar-refractivity contribution in [3.8, 4) is 5.75 Å². The number of nitrogens with zero attached hydrogens (tertiary/aromatic N) is 2. The molecule has 0 radical (unpaired) electrons. The van der Waals surface area contributed by atoms with Crippen molar-refractivity contribution in [3.05, 3.63) is 27.8 Å². The molecule has 7 nitrogen and oxygen atoms in total. The molecule has 0 spiro atoms. The van der Waals surface area contributed by atoms with Gasteiger partial charge in [-0.25, -0.2) is 0 Å². The molecule has 0 saturated heterocycles. The molecular formula is C16H25N3O4. The van der Waals surface area contributed by atoms with Gasteiger partial charge in [0.05, 0.1) is 11.5 Å². The summed E-state index contributed by atoms with van der Waals surface area (Å²) in [5, 5.41) is 23.9. The minimum Gasteiger partial charge on any atom is -0.487 e. The van der Waals surface area contributed by atoms with E-state index in [1.807, 2.05) is 14.1 Å². The molecule has 0 saturated carbocycles. The molecule has 0 amide bonds. The maximum absolute atomic E-state index is 11.3. The summed E-state index contributed by atoms with van der Waals surface area (Å²) < 4.78 is 5.61. The van der Waals surface area contributed by atoms with E-state index in [2.05, 4.69) is 17.1 Å². The zero-order chi connectivity index (χ0) is 17.0. The maximum atomic E-state index is 11.3. The van der Waals surface area contributed by atoms with Crippen molar-refractivity contribution in [1.29, 1.82) is 0 Å². The fraction of sp³-hybridized carbons (Fsp3) is 0.625. The van der Waals surface area contributed by atoms with E-state index < -0.39 is 0 Å². The van der Waals surface area contributed by atoms with E-state index in [4.69, 9.17) is 4.74 Å². The number of hydrogen-bond acceptors (Lipinski definition) is 6. The van der Waals surface area contributed by atoms with Crippen molar-refractivity contribution in [3.63, 3.8) is 0 Å². The Bertz CT molecular complexity index is 563. The first-order valence-corrected chi connectivity index (χ1v) is 7.92. The summed E-state index contributed by atoms with van der Waals surface area (Å²) in [6, 6.07) is 3.08. The number of anilines is 1. The third-order valence-corrected chi connectivity index (χ3v) is 4.14. The summed E-state index contributed by atoms with van der Waals surface area (Å²) in [6.45, 7) is 3.60. The fourth-order valence-electron chi connectivity index (χ4n) is 2.93. The van der Waals surface area contributed by atoms with Gasteiger partial charge in [0.15, 0.2) is 0 Å². The van der Waals surface area contributed by atoms with Crippen LogP contribution in [-0.4, -0.2) is 54.8 Å². The first-order valence-electron chi connectivity index (χ1n) is 7.92. The largest absolute Gasteiger partial charge is 0.487 e. The molecule has 1 aromatic rings. The van der Waals surface area contributed by atoms with Gasteiger partial charge in [0.25, 0.3) is 5.69 Å². The van der Waals surface area contributed by atoms with Crippen LogP contribution in [0, 0.1) is 16.0 Å². The van der Waals surface area contributed by atoms with Gasteiger partial charge >= 0.3 is 0 Å². The molecule has 1 aliphatic rings. The highest BCUT2D eigenvalue weighted by atomic mass is 16.6. The van der Waals surface area contributed by atoms with Crippen LogP contribution in [0.15, 0.2) is 12.1 Å². The fourth-order valence-corrected chi connectivity index (χ4v) is 2.93. The number of aliphatic hydroxyl groups is 1. The molecule has 128 valence electrons. The van der Waals surface area contributed by atoms with E-state index in [1.54, 1.807) is 6.07 Å². The van der Waals surface area contributed by atoms with Gasteiger partial charge in [-0.15, -0.1) is 0 Å². The second kappa shape index (κ2) is 7.61. The van der Waals surface area contributed by atoms with E-state index in [9.17, 15) is 15.2 Å². The number of nitrogens with one attached hydrogen (secondary N) is 1. The average Bonchev–Trinajstić information content (AvgIpc) is 2.93. The summed E-state index contributed by atoms with van der Waals surface area (Å²) in [4.78, 5) is 13.1. The standard InChI is InChI=1S/C16H25N3O4/c1-4-11(9-18(2)3)8-17-16-13-7-12(10-20)23-15(13)6-5-14(16)19(21)22/h5-6,11-12,17,20H,4,7-10H2,1-3H3. The lowest BCUT2D eigenvalue weighted by molar-refractivity contribution is -0.384. The number of benzene rings is 1. The van der Waals surface area contributed by atoms with Crippen molar-refractivity contribution < 1.29 is 14.8 Å². The number of rotatable bonds is 8. The minimum absolute atomic E-state index is 0.0608. The van der Waals surface area contributed by atoms with Crippen molar-refractivity contribution in [2.45, 2.75) is 25.9 Å². The topological polar surface area (TPSA) is 87.9 Å². The molecular weight excluding hydrogens is 298 g/mol. The van der Waals surface area contributed by atoms with Gasteiger partial charge in [0, 0.05) is 31.1 Å². The smallest absolute Gasteiger partial charge is 0.292 e.